The maximum absolute atomic E-state index is 6.57. The smallest absolute Gasteiger partial charge is 0.192 e. The van der Waals surface area contributed by atoms with Crippen molar-refractivity contribution in [1.29, 1.82) is 0 Å². The van der Waals surface area contributed by atoms with Crippen LogP contribution in [0.1, 0.15) is 47.0 Å². The lowest BCUT2D eigenvalue weighted by Crippen LogP contribution is -2.44. The van der Waals surface area contributed by atoms with Crippen LogP contribution >= 0.6 is 0 Å². The Morgan fingerprint density at radius 1 is 1.16 bits per heavy atom. The van der Waals surface area contributed by atoms with Gasteiger partial charge in [-0.2, -0.15) is 0 Å². The molecule has 2 fully saturated rings. The summed E-state index contributed by atoms with van der Waals surface area (Å²) in [5.41, 5.74) is 0. The van der Waals surface area contributed by atoms with Crippen LogP contribution in [0.4, 0.5) is 0 Å². The summed E-state index contributed by atoms with van der Waals surface area (Å²) in [6.07, 6.45) is 4.66. The van der Waals surface area contributed by atoms with E-state index in [-0.39, 0.29) is 0 Å². The van der Waals surface area contributed by atoms with Crippen molar-refractivity contribution in [1.82, 2.24) is 5.32 Å². The normalized spacial score (nSPS) is 31.3. The van der Waals surface area contributed by atoms with E-state index in [4.69, 9.17) is 4.43 Å². The molecule has 0 aromatic carbocycles. The molecule has 1 aliphatic carbocycles. The Morgan fingerprint density at radius 2 is 1.74 bits per heavy atom. The Morgan fingerprint density at radius 3 is 2.26 bits per heavy atom. The summed E-state index contributed by atoms with van der Waals surface area (Å²) >= 11 is 0. The molecule has 1 saturated heterocycles. The number of piperidine rings is 1. The molecular weight excluding hydrogens is 250 g/mol. The lowest BCUT2D eigenvalue weighted by atomic mass is 9.91. The minimum absolute atomic E-state index is 0.334. The van der Waals surface area contributed by atoms with Gasteiger partial charge in [0.25, 0.3) is 0 Å². The molecule has 0 aromatic rings. The van der Waals surface area contributed by atoms with Gasteiger partial charge in [0.1, 0.15) is 0 Å². The molecule has 0 bridgehead atoms. The summed E-state index contributed by atoms with van der Waals surface area (Å²) in [7, 11) is -1.58. The van der Waals surface area contributed by atoms with E-state index < -0.39 is 8.32 Å². The first-order valence-corrected chi connectivity index (χ1v) is 11.0. The molecule has 1 heterocycles. The highest BCUT2D eigenvalue weighted by Crippen LogP contribution is 2.51. The molecule has 3 atom stereocenters. The lowest BCUT2D eigenvalue weighted by Gasteiger charge is -2.39. The highest BCUT2D eigenvalue weighted by atomic mass is 28.4. The second kappa shape index (κ2) is 5.49. The number of hydrogen-bond donors (Lipinski definition) is 1. The first-order chi connectivity index (χ1) is 8.72. The zero-order valence-corrected chi connectivity index (χ0v) is 14.8. The molecule has 0 spiro atoms. The van der Waals surface area contributed by atoms with E-state index in [1.54, 1.807) is 0 Å². The zero-order valence-electron chi connectivity index (χ0n) is 13.8. The van der Waals surface area contributed by atoms with Crippen LogP contribution in [0, 0.1) is 17.8 Å². The fourth-order valence-electron chi connectivity index (χ4n) is 3.32. The van der Waals surface area contributed by atoms with Crippen molar-refractivity contribution in [2.24, 2.45) is 17.8 Å². The molecule has 3 heteroatoms. The van der Waals surface area contributed by atoms with Crippen LogP contribution in [0.3, 0.4) is 0 Å². The standard InChI is InChI=1S/C16H33NOSi/c1-12(18-19(5,6)16(2,3)4)14-11-15(14)13-7-9-17-10-8-13/h12-15,17H,7-11H2,1-6H3. The van der Waals surface area contributed by atoms with Crippen LogP contribution in [0.25, 0.3) is 0 Å². The maximum Gasteiger partial charge on any atom is 0.192 e. The SMILES string of the molecule is CC(O[Si](C)(C)C(C)(C)C)C1CC1C1CCNCC1. The molecule has 2 aliphatic rings. The predicted molar refractivity (Wildman–Crippen MR) is 84.9 cm³/mol. The number of rotatable bonds is 4. The molecular formula is C16H33NOSi. The van der Waals surface area contributed by atoms with Crippen LogP contribution in [0.2, 0.25) is 18.1 Å². The average Bonchev–Trinajstić information content (AvgIpc) is 3.08. The third kappa shape index (κ3) is 3.62. The Hall–Kier alpha value is 0.137. The molecule has 1 saturated carbocycles. The summed E-state index contributed by atoms with van der Waals surface area (Å²) in [6, 6.07) is 0. The summed E-state index contributed by atoms with van der Waals surface area (Å²) in [4.78, 5) is 0. The largest absolute Gasteiger partial charge is 0.414 e. The molecule has 19 heavy (non-hydrogen) atoms. The van der Waals surface area contributed by atoms with Gasteiger partial charge in [0.2, 0.25) is 0 Å². The Bertz CT molecular complexity index is 304. The van der Waals surface area contributed by atoms with E-state index in [0.717, 1.165) is 17.8 Å². The van der Waals surface area contributed by atoms with Gasteiger partial charge in [0, 0.05) is 6.10 Å². The monoisotopic (exact) mass is 283 g/mol. The van der Waals surface area contributed by atoms with Gasteiger partial charge in [-0.25, -0.2) is 0 Å². The van der Waals surface area contributed by atoms with Crippen molar-refractivity contribution in [3.63, 3.8) is 0 Å². The predicted octanol–water partition coefficient (Wildman–Crippen LogP) is 4.03. The van der Waals surface area contributed by atoms with Crippen LogP contribution in [0.15, 0.2) is 0 Å². The topological polar surface area (TPSA) is 21.3 Å². The van der Waals surface area contributed by atoms with Crippen molar-refractivity contribution < 1.29 is 4.43 Å². The van der Waals surface area contributed by atoms with Gasteiger partial charge in [-0.1, -0.05) is 20.8 Å². The van der Waals surface area contributed by atoms with Crippen molar-refractivity contribution >= 4 is 8.32 Å². The molecule has 0 radical (unpaired) electrons. The first kappa shape index (κ1) is 15.5. The highest BCUT2D eigenvalue weighted by Gasteiger charge is 2.48. The van der Waals surface area contributed by atoms with E-state index >= 15 is 0 Å². The van der Waals surface area contributed by atoms with Crippen molar-refractivity contribution in [2.75, 3.05) is 13.1 Å². The third-order valence-electron chi connectivity index (χ3n) is 5.77. The minimum atomic E-state index is -1.58. The fraction of sp³-hybridized carbons (Fsp3) is 1.00. The fourth-order valence-corrected chi connectivity index (χ4v) is 4.78. The summed E-state index contributed by atoms with van der Waals surface area (Å²) in [5.74, 6) is 2.77. The van der Waals surface area contributed by atoms with E-state index in [1.807, 2.05) is 0 Å². The maximum atomic E-state index is 6.57. The van der Waals surface area contributed by atoms with Crippen molar-refractivity contribution in [3.05, 3.63) is 0 Å². The molecule has 1 N–H and O–H groups in total. The van der Waals surface area contributed by atoms with Gasteiger partial charge in [0.05, 0.1) is 0 Å². The third-order valence-corrected chi connectivity index (χ3v) is 10.3. The second-order valence-electron chi connectivity index (χ2n) is 8.23. The Balaban J connectivity index is 1.84. The van der Waals surface area contributed by atoms with Crippen molar-refractivity contribution in [3.8, 4) is 0 Å². The van der Waals surface area contributed by atoms with Gasteiger partial charge in [-0.15, -0.1) is 0 Å². The molecule has 112 valence electrons. The molecule has 2 rings (SSSR count). The second-order valence-corrected chi connectivity index (χ2v) is 13.0. The van der Waals surface area contributed by atoms with E-state index in [9.17, 15) is 0 Å². The number of nitrogens with one attached hydrogen (secondary N) is 1. The van der Waals surface area contributed by atoms with E-state index in [0.29, 0.717) is 11.1 Å². The Labute approximate surface area is 120 Å². The first-order valence-electron chi connectivity index (χ1n) is 8.11. The van der Waals surface area contributed by atoms with E-state index in [1.165, 1.54) is 32.4 Å². The highest BCUT2D eigenvalue weighted by molar-refractivity contribution is 6.74. The van der Waals surface area contributed by atoms with E-state index in [2.05, 4.69) is 46.1 Å². The van der Waals surface area contributed by atoms with Crippen molar-refractivity contribution in [2.45, 2.75) is 71.2 Å². The molecule has 2 nitrogen and oxygen atoms in total. The Kier molecular flexibility index (Phi) is 4.49. The quantitative estimate of drug-likeness (QED) is 0.787. The lowest BCUT2D eigenvalue weighted by molar-refractivity contribution is 0.160. The van der Waals surface area contributed by atoms with Crippen LogP contribution in [-0.4, -0.2) is 27.5 Å². The van der Waals surface area contributed by atoms with Gasteiger partial charge < -0.3 is 9.74 Å². The molecule has 3 unspecified atom stereocenters. The molecule has 1 aliphatic heterocycles. The zero-order chi connectivity index (χ0) is 14.3. The van der Waals surface area contributed by atoms with Gasteiger partial charge in [0.15, 0.2) is 8.32 Å². The van der Waals surface area contributed by atoms with Gasteiger partial charge in [-0.05, 0) is 75.2 Å². The van der Waals surface area contributed by atoms with Crippen LogP contribution < -0.4 is 5.32 Å². The van der Waals surface area contributed by atoms with Crippen LogP contribution in [-0.2, 0) is 4.43 Å². The van der Waals surface area contributed by atoms with Gasteiger partial charge in [-0.3, -0.25) is 0 Å². The molecule has 0 aromatic heterocycles. The summed E-state index contributed by atoms with van der Waals surface area (Å²) in [5, 5.41) is 3.81. The average molecular weight is 284 g/mol. The molecule has 0 amide bonds. The number of hydrogen-bond acceptors (Lipinski definition) is 2. The van der Waals surface area contributed by atoms with Gasteiger partial charge >= 0.3 is 0 Å². The summed E-state index contributed by atoms with van der Waals surface area (Å²) in [6.45, 7) is 16.6. The minimum Gasteiger partial charge on any atom is -0.414 e. The van der Waals surface area contributed by atoms with Crippen LogP contribution in [0.5, 0.6) is 0 Å². The summed E-state index contributed by atoms with van der Waals surface area (Å²) < 4.78 is 6.57.